The minimum absolute atomic E-state index is 0.0220. The van der Waals surface area contributed by atoms with Gasteiger partial charge in [-0.1, -0.05) is 418 Å². The molecule has 0 aromatic rings. The van der Waals surface area contributed by atoms with Crippen LogP contribution in [0.2, 0.25) is 0 Å². The van der Waals surface area contributed by atoms with Crippen LogP contribution >= 0.6 is 0 Å². The number of hydrogen-bond donors (Lipinski definition) is 3. The van der Waals surface area contributed by atoms with Gasteiger partial charge < -0.3 is 20.3 Å². The summed E-state index contributed by atoms with van der Waals surface area (Å²) in [6.45, 7) is 5.02. The van der Waals surface area contributed by atoms with Crippen molar-refractivity contribution >= 4 is 11.9 Å². The van der Waals surface area contributed by atoms with Crippen molar-refractivity contribution in [2.45, 2.75) is 482 Å². The molecule has 0 fully saturated rings. The SMILES string of the molecule is CCCCCCCCCCCCCCCCCCCCCCCCCCC(O)C(CO)NC(=O)CCCCCCCCCCCCCCCC/C=C\CCCCCCCCCCCCCCOC(=O)CCCCCCCCCCCCCCCCCC. The van der Waals surface area contributed by atoms with Gasteiger partial charge in [-0.05, 0) is 51.4 Å². The maximum atomic E-state index is 12.6. The zero-order chi connectivity index (χ0) is 62.8. The van der Waals surface area contributed by atoms with Crippen molar-refractivity contribution in [3.05, 3.63) is 12.2 Å². The Morgan fingerprint density at radius 2 is 0.540 bits per heavy atom. The van der Waals surface area contributed by atoms with Gasteiger partial charge in [-0.25, -0.2) is 0 Å². The van der Waals surface area contributed by atoms with Crippen LogP contribution in [0.4, 0.5) is 0 Å². The second kappa shape index (κ2) is 77.1. The topological polar surface area (TPSA) is 95.9 Å². The summed E-state index contributed by atoms with van der Waals surface area (Å²) >= 11 is 0. The van der Waals surface area contributed by atoms with Crippen molar-refractivity contribution < 1.29 is 24.5 Å². The fourth-order valence-electron chi connectivity index (χ4n) is 13.2. The zero-order valence-electron chi connectivity index (χ0n) is 59.5. The van der Waals surface area contributed by atoms with Crippen molar-refractivity contribution in [1.82, 2.24) is 5.32 Å². The predicted octanol–water partition coefficient (Wildman–Crippen LogP) is 26.7. The van der Waals surface area contributed by atoms with Gasteiger partial charge >= 0.3 is 5.97 Å². The number of carbonyl (C=O) groups excluding carboxylic acids is 2. The number of esters is 1. The number of allylic oxidation sites excluding steroid dienone is 2. The van der Waals surface area contributed by atoms with Gasteiger partial charge in [0.15, 0.2) is 0 Å². The molecule has 2 atom stereocenters. The van der Waals surface area contributed by atoms with Crippen molar-refractivity contribution in [1.29, 1.82) is 0 Å². The predicted molar refractivity (Wildman–Crippen MR) is 384 cm³/mol. The highest BCUT2D eigenvalue weighted by Gasteiger charge is 2.20. The summed E-state index contributed by atoms with van der Waals surface area (Å²) < 4.78 is 5.51. The summed E-state index contributed by atoms with van der Waals surface area (Å²) in [5.41, 5.74) is 0. The molecule has 0 aromatic heterocycles. The maximum absolute atomic E-state index is 12.6. The Hall–Kier alpha value is -1.40. The third-order valence-electron chi connectivity index (χ3n) is 19.3. The minimum atomic E-state index is -0.664. The molecule has 0 saturated carbocycles. The van der Waals surface area contributed by atoms with Crippen molar-refractivity contribution in [2.24, 2.45) is 0 Å². The Morgan fingerprint density at radius 1 is 0.310 bits per heavy atom. The summed E-state index contributed by atoms with van der Waals surface area (Å²) in [5.74, 6) is -0.00519. The van der Waals surface area contributed by atoms with E-state index in [4.69, 9.17) is 4.74 Å². The standard InChI is InChI=1S/C81H159NO5/c1-3-5-7-9-11-13-15-17-19-21-22-23-24-33-36-39-42-45-49-53-57-61-65-69-73-79(84)78(77-83)82-80(85)74-70-66-62-58-54-50-46-43-40-37-34-31-29-27-25-26-28-30-32-35-38-41-44-48-52-56-60-64-68-72-76-87-81(86)75-71-67-63-59-55-51-47-20-18-16-14-12-10-8-6-4-2/h26,28,78-79,83-84H,3-25,27,29-77H2,1-2H3,(H,82,85)/b28-26-. The van der Waals surface area contributed by atoms with E-state index in [1.54, 1.807) is 0 Å². The van der Waals surface area contributed by atoms with E-state index < -0.39 is 12.1 Å². The van der Waals surface area contributed by atoms with E-state index >= 15 is 0 Å². The average Bonchev–Trinajstić information content (AvgIpc) is 3.54. The second-order valence-electron chi connectivity index (χ2n) is 28.1. The van der Waals surface area contributed by atoms with E-state index in [1.807, 2.05) is 0 Å². The van der Waals surface area contributed by atoms with Crippen LogP contribution in [-0.4, -0.2) is 47.4 Å². The normalized spacial score (nSPS) is 12.5. The number of ether oxygens (including phenoxy) is 1. The van der Waals surface area contributed by atoms with E-state index in [0.717, 1.165) is 38.5 Å². The fourth-order valence-corrected chi connectivity index (χ4v) is 13.2. The molecule has 0 aliphatic heterocycles. The van der Waals surface area contributed by atoms with Gasteiger partial charge in [0.25, 0.3) is 0 Å². The number of aliphatic hydroxyl groups is 2. The number of carbonyl (C=O) groups is 2. The van der Waals surface area contributed by atoms with Gasteiger partial charge in [-0.3, -0.25) is 9.59 Å². The van der Waals surface area contributed by atoms with Crippen LogP contribution in [0.5, 0.6) is 0 Å². The highest BCUT2D eigenvalue weighted by atomic mass is 16.5. The number of aliphatic hydroxyl groups excluding tert-OH is 2. The van der Waals surface area contributed by atoms with Crippen molar-refractivity contribution in [2.75, 3.05) is 13.2 Å². The molecule has 0 spiro atoms. The first-order valence-electron chi connectivity index (χ1n) is 40.4. The van der Waals surface area contributed by atoms with Crippen LogP contribution in [0.1, 0.15) is 470 Å². The van der Waals surface area contributed by atoms with E-state index in [9.17, 15) is 19.8 Å². The smallest absolute Gasteiger partial charge is 0.305 e. The second-order valence-corrected chi connectivity index (χ2v) is 28.1. The molecule has 0 aliphatic rings. The lowest BCUT2D eigenvalue weighted by Gasteiger charge is -2.22. The monoisotopic (exact) mass is 1230 g/mol. The maximum Gasteiger partial charge on any atom is 0.305 e. The molecule has 1 amide bonds. The molecule has 6 heteroatoms. The average molecular weight is 1230 g/mol. The van der Waals surface area contributed by atoms with Gasteiger partial charge in [0.1, 0.15) is 0 Å². The van der Waals surface area contributed by atoms with Crippen LogP contribution in [0, 0.1) is 0 Å². The first kappa shape index (κ1) is 85.6. The number of amides is 1. The molecule has 2 unspecified atom stereocenters. The minimum Gasteiger partial charge on any atom is -0.466 e. The number of unbranched alkanes of at least 4 members (excludes halogenated alkanes) is 64. The molecule has 6 nitrogen and oxygen atoms in total. The van der Waals surface area contributed by atoms with Crippen molar-refractivity contribution in [3.63, 3.8) is 0 Å². The van der Waals surface area contributed by atoms with Crippen molar-refractivity contribution in [3.8, 4) is 0 Å². The lowest BCUT2D eigenvalue weighted by atomic mass is 10.0. The lowest BCUT2D eigenvalue weighted by Crippen LogP contribution is -2.45. The summed E-state index contributed by atoms with van der Waals surface area (Å²) in [4.78, 5) is 24.7. The first-order valence-corrected chi connectivity index (χ1v) is 40.4. The number of nitrogens with one attached hydrogen (secondary N) is 1. The van der Waals surface area contributed by atoms with Crippen LogP contribution < -0.4 is 5.32 Å². The molecule has 0 aliphatic carbocycles. The summed E-state index contributed by atoms with van der Waals surface area (Å²) in [6, 6.07) is -0.541. The lowest BCUT2D eigenvalue weighted by molar-refractivity contribution is -0.143. The first-order chi connectivity index (χ1) is 43.0. The zero-order valence-corrected chi connectivity index (χ0v) is 59.5. The largest absolute Gasteiger partial charge is 0.466 e. The summed E-state index contributed by atoms with van der Waals surface area (Å²) in [7, 11) is 0. The van der Waals surface area contributed by atoms with E-state index in [2.05, 4.69) is 31.3 Å². The summed E-state index contributed by atoms with van der Waals surface area (Å²) in [5, 5.41) is 23.5. The highest BCUT2D eigenvalue weighted by molar-refractivity contribution is 5.76. The molecule has 87 heavy (non-hydrogen) atoms. The molecule has 3 N–H and O–H groups in total. The number of rotatable bonds is 77. The number of hydrogen-bond acceptors (Lipinski definition) is 5. The molecular weight excluding hydrogens is 1070 g/mol. The fraction of sp³-hybridized carbons (Fsp3) is 0.951. The third kappa shape index (κ3) is 73.5. The van der Waals surface area contributed by atoms with Crippen LogP contribution in [0.25, 0.3) is 0 Å². The van der Waals surface area contributed by atoms with E-state index in [1.165, 1.54) is 398 Å². The van der Waals surface area contributed by atoms with Gasteiger partial charge in [0.2, 0.25) is 5.91 Å². The van der Waals surface area contributed by atoms with E-state index in [-0.39, 0.29) is 18.5 Å². The van der Waals surface area contributed by atoms with Crippen LogP contribution in [0.3, 0.4) is 0 Å². The molecule has 0 rings (SSSR count). The highest BCUT2D eigenvalue weighted by Crippen LogP contribution is 2.20. The van der Waals surface area contributed by atoms with Gasteiger partial charge in [0.05, 0.1) is 25.4 Å². The van der Waals surface area contributed by atoms with Gasteiger partial charge in [-0.2, -0.15) is 0 Å². The van der Waals surface area contributed by atoms with Crippen LogP contribution in [-0.2, 0) is 14.3 Å². The summed E-state index contributed by atoms with van der Waals surface area (Å²) in [6.07, 6.45) is 97.4. The molecule has 0 heterocycles. The Kier molecular flexibility index (Phi) is 75.8. The van der Waals surface area contributed by atoms with Gasteiger partial charge in [0, 0.05) is 12.8 Å². The molecule has 518 valence electrons. The molecule has 0 bridgehead atoms. The third-order valence-corrected chi connectivity index (χ3v) is 19.3. The quantitative estimate of drug-likeness (QED) is 0.0320. The Bertz CT molecular complexity index is 1320. The molecule has 0 radical (unpaired) electrons. The van der Waals surface area contributed by atoms with Crippen LogP contribution in [0.15, 0.2) is 12.2 Å². The van der Waals surface area contributed by atoms with E-state index in [0.29, 0.717) is 25.9 Å². The molecule has 0 aromatic carbocycles. The Morgan fingerprint density at radius 3 is 0.816 bits per heavy atom. The molecular formula is C81H159NO5. The Balaban J connectivity index is 3.35. The molecule has 0 saturated heterocycles. The Labute approximate surface area is 546 Å². The van der Waals surface area contributed by atoms with Gasteiger partial charge in [-0.15, -0.1) is 0 Å².